The summed E-state index contributed by atoms with van der Waals surface area (Å²) in [5.41, 5.74) is 3.24. The van der Waals surface area contributed by atoms with Crippen LogP contribution in [-0.4, -0.2) is 32.1 Å². The number of benzene rings is 3. The zero-order chi connectivity index (χ0) is 21.2. The predicted octanol–water partition coefficient (Wildman–Crippen LogP) is 3.34. The van der Waals surface area contributed by atoms with Crippen LogP contribution in [0, 0.1) is 0 Å². The van der Waals surface area contributed by atoms with Gasteiger partial charge in [0.25, 0.3) is 0 Å². The van der Waals surface area contributed by atoms with E-state index < -0.39 is 11.9 Å². The van der Waals surface area contributed by atoms with E-state index in [1.54, 1.807) is 42.5 Å². The fraction of sp³-hybridized carbons (Fsp3) is 0.0870. The molecule has 0 fully saturated rings. The van der Waals surface area contributed by atoms with Crippen LogP contribution in [0.2, 0.25) is 0 Å². The van der Waals surface area contributed by atoms with E-state index in [1.165, 1.54) is 11.0 Å². The Morgan fingerprint density at radius 3 is 2.58 bits per heavy atom. The largest absolute Gasteiger partial charge is 0.454 e. The van der Waals surface area contributed by atoms with Gasteiger partial charge in [0, 0.05) is 6.42 Å². The van der Waals surface area contributed by atoms with Crippen LogP contribution in [0.15, 0.2) is 79.1 Å². The molecule has 0 saturated carbocycles. The third kappa shape index (κ3) is 3.78. The summed E-state index contributed by atoms with van der Waals surface area (Å²) in [6.07, 6.45) is 1.58. The molecule has 0 bridgehead atoms. The molecule has 5 rings (SSSR count). The van der Waals surface area contributed by atoms with Gasteiger partial charge in [0.1, 0.15) is 18.2 Å². The number of fused-ring (bicyclic) bond motifs is 1. The molecule has 0 spiro atoms. The normalized spacial score (nSPS) is 15.1. The number of cyclic esters (lactones) is 1. The molecule has 8 heteroatoms. The highest BCUT2D eigenvalue weighted by Crippen LogP contribution is 2.31. The smallest absolute Gasteiger partial charge is 0.343 e. The highest BCUT2D eigenvalue weighted by Gasteiger charge is 2.28. The van der Waals surface area contributed by atoms with Crippen molar-refractivity contribution in [3.8, 4) is 11.4 Å². The van der Waals surface area contributed by atoms with E-state index in [-0.39, 0.29) is 6.10 Å². The van der Waals surface area contributed by atoms with E-state index in [1.807, 2.05) is 30.3 Å². The number of tetrazole rings is 1. The second-order valence-corrected chi connectivity index (χ2v) is 7.02. The Morgan fingerprint density at radius 1 is 1.03 bits per heavy atom. The number of esters is 2. The minimum Gasteiger partial charge on any atom is -0.454 e. The molecule has 2 heterocycles. The van der Waals surface area contributed by atoms with Gasteiger partial charge in [0.15, 0.2) is 0 Å². The average Bonchev–Trinajstić information content (AvgIpc) is 3.35. The monoisotopic (exact) mass is 412 g/mol. The molecule has 1 atom stereocenters. The van der Waals surface area contributed by atoms with Crippen molar-refractivity contribution in [2.24, 2.45) is 0 Å². The second-order valence-electron chi connectivity index (χ2n) is 7.02. The summed E-state index contributed by atoms with van der Waals surface area (Å²) in [7, 11) is 0. The lowest BCUT2D eigenvalue weighted by atomic mass is 9.93. The zero-order valence-corrected chi connectivity index (χ0v) is 16.2. The molecule has 1 aromatic heterocycles. The molecule has 1 aliphatic rings. The first-order valence-corrected chi connectivity index (χ1v) is 9.62. The summed E-state index contributed by atoms with van der Waals surface area (Å²) in [6, 6.07) is 21.2. The highest BCUT2D eigenvalue weighted by molar-refractivity contribution is 5.96. The Labute approximate surface area is 177 Å². The predicted molar refractivity (Wildman–Crippen MR) is 109 cm³/mol. The van der Waals surface area contributed by atoms with E-state index >= 15 is 0 Å². The quantitative estimate of drug-likeness (QED) is 0.375. The zero-order valence-electron chi connectivity index (χ0n) is 16.2. The Bertz CT molecular complexity index is 1240. The van der Waals surface area contributed by atoms with Gasteiger partial charge in [-0.3, -0.25) is 0 Å². The van der Waals surface area contributed by atoms with Gasteiger partial charge in [0.2, 0.25) is 0 Å². The minimum absolute atomic E-state index is 0.366. The van der Waals surface area contributed by atoms with Crippen molar-refractivity contribution < 1.29 is 19.1 Å². The van der Waals surface area contributed by atoms with E-state index in [2.05, 4.69) is 15.5 Å². The lowest BCUT2D eigenvalue weighted by Gasteiger charge is -2.25. The van der Waals surface area contributed by atoms with Gasteiger partial charge in [-0.05, 0) is 64.0 Å². The Balaban J connectivity index is 1.34. The molecule has 1 aliphatic heterocycles. The summed E-state index contributed by atoms with van der Waals surface area (Å²) in [5, 5.41) is 11.0. The molecule has 8 nitrogen and oxygen atoms in total. The number of aromatic nitrogens is 4. The number of hydrogen-bond acceptors (Lipinski definition) is 7. The average molecular weight is 412 g/mol. The standard InChI is InChI=1S/C23H16N4O4/c28-22(30-19-9-7-18(8-10-19)27-14-24-25-26-27)16-6-11-20-17(12-16)13-21(31-23(20)29)15-4-2-1-3-5-15/h1-12,14,21H,13H2. The minimum atomic E-state index is -0.506. The molecular formula is C23H16N4O4. The lowest BCUT2D eigenvalue weighted by molar-refractivity contribution is 0.0252. The maximum Gasteiger partial charge on any atom is 0.343 e. The van der Waals surface area contributed by atoms with Crippen molar-refractivity contribution in [1.82, 2.24) is 20.2 Å². The summed E-state index contributed by atoms with van der Waals surface area (Å²) in [4.78, 5) is 25.1. The van der Waals surface area contributed by atoms with Crippen molar-refractivity contribution >= 4 is 11.9 Å². The van der Waals surface area contributed by atoms with Crippen LogP contribution in [0.1, 0.15) is 37.9 Å². The maximum absolute atomic E-state index is 12.7. The van der Waals surface area contributed by atoms with Gasteiger partial charge in [0.05, 0.1) is 16.8 Å². The molecule has 0 amide bonds. The second kappa shape index (κ2) is 7.83. The summed E-state index contributed by atoms with van der Waals surface area (Å²) >= 11 is 0. The van der Waals surface area contributed by atoms with Gasteiger partial charge in [-0.1, -0.05) is 30.3 Å². The van der Waals surface area contributed by atoms with Crippen LogP contribution >= 0.6 is 0 Å². The van der Waals surface area contributed by atoms with Crippen LogP contribution in [0.5, 0.6) is 5.75 Å². The molecule has 0 aliphatic carbocycles. The lowest BCUT2D eigenvalue weighted by Crippen LogP contribution is -2.22. The van der Waals surface area contributed by atoms with Crippen molar-refractivity contribution in [1.29, 1.82) is 0 Å². The van der Waals surface area contributed by atoms with Gasteiger partial charge in [-0.25, -0.2) is 14.3 Å². The van der Waals surface area contributed by atoms with E-state index in [4.69, 9.17) is 9.47 Å². The van der Waals surface area contributed by atoms with E-state index in [0.29, 0.717) is 23.3 Å². The molecule has 0 saturated heterocycles. The Kier molecular flexibility index (Phi) is 4.72. The Hall–Kier alpha value is -4.33. The number of hydrogen-bond donors (Lipinski definition) is 0. The summed E-state index contributed by atoms with van der Waals surface area (Å²) in [6.45, 7) is 0. The van der Waals surface area contributed by atoms with Crippen LogP contribution in [0.4, 0.5) is 0 Å². The first kappa shape index (κ1) is 18.7. The van der Waals surface area contributed by atoms with Gasteiger partial charge in [-0.15, -0.1) is 5.10 Å². The van der Waals surface area contributed by atoms with E-state index in [0.717, 1.165) is 16.8 Å². The van der Waals surface area contributed by atoms with Crippen LogP contribution in [0.25, 0.3) is 5.69 Å². The molecule has 0 N–H and O–H groups in total. The molecule has 3 aromatic carbocycles. The molecule has 152 valence electrons. The number of nitrogens with zero attached hydrogens (tertiary/aromatic N) is 4. The van der Waals surface area contributed by atoms with Crippen molar-refractivity contribution in [2.75, 3.05) is 0 Å². The molecule has 1 unspecified atom stereocenters. The highest BCUT2D eigenvalue weighted by atomic mass is 16.5. The van der Waals surface area contributed by atoms with Crippen LogP contribution in [-0.2, 0) is 11.2 Å². The van der Waals surface area contributed by atoms with Gasteiger partial charge in [-0.2, -0.15) is 0 Å². The number of rotatable bonds is 4. The van der Waals surface area contributed by atoms with Crippen LogP contribution < -0.4 is 4.74 Å². The molecule has 0 radical (unpaired) electrons. The molecular weight excluding hydrogens is 396 g/mol. The number of carbonyl (C=O) groups is 2. The fourth-order valence-corrected chi connectivity index (χ4v) is 3.49. The number of ether oxygens (including phenoxy) is 2. The maximum atomic E-state index is 12.7. The third-order valence-electron chi connectivity index (χ3n) is 5.05. The van der Waals surface area contributed by atoms with Crippen molar-refractivity contribution in [3.63, 3.8) is 0 Å². The van der Waals surface area contributed by atoms with Crippen LogP contribution in [0.3, 0.4) is 0 Å². The topological polar surface area (TPSA) is 96.2 Å². The molecule has 31 heavy (non-hydrogen) atoms. The Morgan fingerprint density at radius 2 is 1.84 bits per heavy atom. The first-order chi connectivity index (χ1) is 15.2. The van der Waals surface area contributed by atoms with Gasteiger partial charge < -0.3 is 9.47 Å². The van der Waals surface area contributed by atoms with Crippen molar-refractivity contribution in [2.45, 2.75) is 12.5 Å². The summed E-state index contributed by atoms with van der Waals surface area (Å²) < 4.78 is 12.5. The third-order valence-corrected chi connectivity index (χ3v) is 5.05. The molecule has 4 aromatic rings. The van der Waals surface area contributed by atoms with Gasteiger partial charge >= 0.3 is 11.9 Å². The fourth-order valence-electron chi connectivity index (χ4n) is 3.49. The van der Waals surface area contributed by atoms with E-state index in [9.17, 15) is 9.59 Å². The first-order valence-electron chi connectivity index (χ1n) is 9.62. The summed E-state index contributed by atoms with van der Waals surface area (Å²) in [5.74, 6) is -0.512. The SMILES string of the molecule is O=C(Oc1ccc(-n2cnnn2)cc1)c1ccc2c(c1)CC(c1ccccc1)OC2=O. The van der Waals surface area contributed by atoms with Crippen molar-refractivity contribution in [3.05, 3.63) is 101 Å². The number of carbonyl (C=O) groups excluding carboxylic acids is 2.